The maximum atomic E-state index is 14.3. The number of fused-ring (bicyclic) bond motifs is 1. The first-order chi connectivity index (χ1) is 16.6. The molecule has 3 heterocycles. The van der Waals surface area contributed by atoms with Crippen LogP contribution in [0, 0.1) is 18.8 Å². The highest BCUT2D eigenvalue weighted by Crippen LogP contribution is 2.59. The summed E-state index contributed by atoms with van der Waals surface area (Å²) in [7, 11) is 0. The van der Waals surface area contributed by atoms with Gasteiger partial charge in [0, 0.05) is 42.5 Å². The number of likely N-dealkylation sites (tertiary alicyclic amines) is 1. The number of pyridine rings is 1. The SMILES string of the molecule is Cc1ccc(-c2cn(CCCN3C[C@@H]4C[C@]4(c4ccc(C(F)(F)F)cc4)C3)c(=O)[nH]c2=O)c(F)n1.Cl.Cl. The quantitative estimate of drug-likeness (QED) is 0.354. The number of hydrogen-bond donors (Lipinski definition) is 1. The van der Waals surface area contributed by atoms with Gasteiger partial charge in [-0.15, -0.1) is 24.8 Å². The fourth-order valence-corrected chi connectivity index (χ4v) is 5.25. The van der Waals surface area contributed by atoms with Crippen molar-refractivity contribution in [2.24, 2.45) is 5.92 Å². The molecule has 1 aliphatic heterocycles. The Kier molecular flexibility index (Phi) is 8.26. The molecule has 12 heteroatoms. The third kappa shape index (κ3) is 5.61. The smallest absolute Gasteiger partial charge is 0.302 e. The molecule has 0 bridgehead atoms. The number of H-pyrrole nitrogens is 1. The Labute approximate surface area is 222 Å². The number of piperidine rings is 1. The van der Waals surface area contributed by atoms with Crippen molar-refractivity contribution in [3.8, 4) is 11.1 Å². The van der Waals surface area contributed by atoms with Crippen molar-refractivity contribution in [1.82, 2.24) is 19.4 Å². The highest BCUT2D eigenvalue weighted by molar-refractivity contribution is 5.85. The fourth-order valence-electron chi connectivity index (χ4n) is 5.25. The van der Waals surface area contributed by atoms with Crippen molar-refractivity contribution >= 4 is 24.8 Å². The van der Waals surface area contributed by atoms with Crippen LogP contribution in [-0.2, 0) is 18.1 Å². The van der Waals surface area contributed by atoms with Crippen molar-refractivity contribution in [1.29, 1.82) is 0 Å². The van der Waals surface area contributed by atoms with Gasteiger partial charge in [0.1, 0.15) is 0 Å². The summed E-state index contributed by atoms with van der Waals surface area (Å²) in [6, 6.07) is 8.54. The van der Waals surface area contributed by atoms with E-state index in [4.69, 9.17) is 0 Å². The van der Waals surface area contributed by atoms with Crippen LogP contribution in [0.25, 0.3) is 11.1 Å². The summed E-state index contributed by atoms with van der Waals surface area (Å²) in [5, 5.41) is 0. The predicted molar refractivity (Wildman–Crippen MR) is 136 cm³/mol. The molecule has 3 aromatic rings. The number of hydrogen-bond acceptors (Lipinski definition) is 4. The van der Waals surface area contributed by atoms with Gasteiger partial charge in [-0.3, -0.25) is 14.3 Å². The minimum Gasteiger partial charge on any atom is -0.302 e. The number of halogens is 6. The first-order valence-corrected chi connectivity index (χ1v) is 11.4. The Morgan fingerprint density at radius 1 is 1.05 bits per heavy atom. The minimum absolute atomic E-state index is 0. The number of aromatic amines is 1. The fraction of sp³-hybridized carbons (Fsp3) is 0.400. The van der Waals surface area contributed by atoms with Gasteiger partial charge in [0.15, 0.2) is 0 Å². The second-order valence-electron chi connectivity index (χ2n) is 9.51. The van der Waals surface area contributed by atoms with Crippen LogP contribution in [-0.4, -0.2) is 39.1 Å². The summed E-state index contributed by atoms with van der Waals surface area (Å²) >= 11 is 0. The van der Waals surface area contributed by atoms with E-state index in [-0.39, 0.29) is 41.4 Å². The second kappa shape index (κ2) is 10.6. The van der Waals surface area contributed by atoms with Crippen LogP contribution >= 0.6 is 24.8 Å². The zero-order valence-corrected chi connectivity index (χ0v) is 21.5. The van der Waals surface area contributed by atoms with E-state index in [2.05, 4.69) is 14.9 Å². The van der Waals surface area contributed by atoms with Crippen LogP contribution in [0.5, 0.6) is 0 Å². The molecule has 6 nitrogen and oxygen atoms in total. The van der Waals surface area contributed by atoms with Gasteiger partial charge in [0.25, 0.3) is 5.56 Å². The highest BCUT2D eigenvalue weighted by atomic mass is 35.5. The van der Waals surface area contributed by atoms with Crippen LogP contribution in [0.3, 0.4) is 0 Å². The molecule has 1 aliphatic carbocycles. The van der Waals surface area contributed by atoms with Gasteiger partial charge in [-0.05, 0) is 62.1 Å². The molecule has 5 rings (SSSR count). The highest BCUT2D eigenvalue weighted by Gasteiger charge is 2.60. The van der Waals surface area contributed by atoms with Gasteiger partial charge in [0.2, 0.25) is 5.95 Å². The molecule has 2 aliphatic rings. The molecular weight excluding hydrogens is 535 g/mol. The van der Waals surface area contributed by atoms with Gasteiger partial charge in [-0.25, -0.2) is 9.78 Å². The van der Waals surface area contributed by atoms with Crippen molar-refractivity contribution in [3.63, 3.8) is 0 Å². The number of benzene rings is 1. The van der Waals surface area contributed by atoms with Crippen molar-refractivity contribution in [2.75, 3.05) is 19.6 Å². The van der Waals surface area contributed by atoms with Crippen molar-refractivity contribution in [2.45, 2.75) is 37.9 Å². The van der Waals surface area contributed by atoms with E-state index < -0.39 is 28.9 Å². The monoisotopic (exact) mass is 560 g/mol. The lowest BCUT2D eigenvalue weighted by Gasteiger charge is -2.21. The van der Waals surface area contributed by atoms with Crippen LogP contribution in [0.4, 0.5) is 17.6 Å². The van der Waals surface area contributed by atoms with Gasteiger partial charge >= 0.3 is 11.9 Å². The summed E-state index contributed by atoms with van der Waals surface area (Å²) in [5.74, 6) is -0.357. The van der Waals surface area contributed by atoms with E-state index in [1.54, 1.807) is 25.1 Å². The topological polar surface area (TPSA) is 71.0 Å². The Bertz CT molecular complexity index is 1390. The second-order valence-corrected chi connectivity index (χ2v) is 9.51. The molecule has 1 aromatic carbocycles. The van der Waals surface area contributed by atoms with Gasteiger partial charge in [-0.1, -0.05) is 12.1 Å². The molecule has 2 atom stereocenters. The molecule has 200 valence electrons. The first kappa shape index (κ1) is 28.9. The Balaban J connectivity index is 0.00000190. The van der Waals surface area contributed by atoms with Crippen LogP contribution < -0.4 is 11.2 Å². The van der Waals surface area contributed by atoms with Crippen molar-refractivity contribution in [3.05, 3.63) is 86.2 Å². The molecule has 0 amide bonds. The van der Waals surface area contributed by atoms with Crippen LogP contribution in [0.2, 0.25) is 0 Å². The summed E-state index contributed by atoms with van der Waals surface area (Å²) in [5.41, 5.74) is -0.485. The number of alkyl halides is 3. The summed E-state index contributed by atoms with van der Waals surface area (Å²) in [6.07, 6.45) is -1.40. The number of nitrogens with one attached hydrogen (secondary N) is 1. The molecule has 1 saturated carbocycles. The summed E-state index contributed by atoms with van der Waals surface area (Å²) in [4.78, 5) is 32.8. The molecular formula is C25H26Cl2F4N4O2. The number of rotatable bonds is 6. The maximum absolute atomic E-state index is 14.3. The average Bonchev–Trinajstić information content (AvgIpc) is 3.36. The van der Waals surface area contributed by atoms with Crippen LogP contribution in [0.1, 0.15) is 29.7 Å². The molecule has 2 aromatic heterocycles. The zero-order chi connectivity index (χ0) is 25.0. The first-order valence-electron chi connectivity index (χ1n) is 11.4. The summed E-state index contributed by atoms with van der Waals surface area (Å²) in [6.45, 7) is 4.28. The normalized spacial score (nSPS) is 20.6. The van der Waals surface area contributed by atoms with Gasteiger partial charge in [0.05, 0.1) is 11.1 Å². The Morgan fingerprint density at radius 2 is 1.76 bits per heavy atom. The third-order valence-electron chi connectivity index (χ3n) is 7.17. The zero-order valence-electron chi connectivity index (χ0n) is 19.8. The van der Waals surface area contributed by atoms with E-state index in [1.807, 2.05) is 0 Å². The van der Waals surface area contributed by atoms with Crippen LogP contribution in [0.15, 0.2) is 52.2 Å². The molecule has 37 heavy (non-hydrogen) atoms. The van der Waals surface area contributed by atoms with E-state index in [0.717, 1.165) is 37.2 Å². The lowest BCUT2D eigenvalue weighted by molar-refractivity contribution is -0.137. The molecule has 0 spiro atoms. The number of nitrogens with zero attached hydrogens (tertiary/aromatic N) is 3. The van der Waals surface area contributed by atoms with E-state index in [9.17, 15) is 27.2 Å². The Hall–Kier alpha value is -2.69. The van der Waals surface area contributed by atoms with E-state index >= 15 is 0 Å². The maximum Gasteiger partial charge on any atom is 0.416 e. The van der Waals surface area contributed by atoms with E-state index in [1.165, 1.54) is 16.8 Å². The number of aryl methyl sites for hydroxylation is 2. The standard InChI is InChI=1S/C25H24F4N4O2.2ClH/c1-15-3-8-19(21(26)30-15)20-13-33(23(35)31-22(20)34)10-2-9-32-12-18-11-24(18,14-32)16-4-6-17(7-5-16)25(27,28)29;;/h3-8,13,18H,2,9-12,14H2,1H3,(H,31,34,35);2*1H/t18-,24+;;/m0../s1. The molecule has 1 saturated heterocycles. The largest absolute Gasteiger partial charge is 0.416 e. The summed E-state index contributed by atoms with van der Waals surface area (Å²) < 4.78 is 54.3. The molecule has 1 N–H and O–H groups in total. The Morgan fingerprint density at radius 3 is 2.41 bits per heavy atom. The molecule has 0 radical (unpaired) electrons. The molecule has 2 fully saturated rings. The molecule has 0 unspecified atom stereocenters. The van der Waals surface area contributed by atoms with Crippen molar-refractivity contribution < 1.29 is 17.6 Å². The minimum atomic E-state index is -4.34. The third-order valence-corrected chi connectivity index (χ3v) is 7.17. The van der Waals surface area contributed by atoms with E-state index in [0.29, 0.717) is 31.1 Å². The lowest BCUT2D eigenvalue weighted by Crippen LogP contribution is -2.32. The van der Waals surface area contributed by atoms with Gasteiger partial charge in [-0.2, -0.15) is 17.6 Å². The average molecular weight is 561 g/mol. The van der Waals surface area contributed by atoms with Gasteiger partial charge < -0.3 is 4.90 Å². The lowest BCUT2D eigenvalue weighted by atomic mass is 9.94. The predicted octanol–water partition coefficient (Wildman–Crippen LogP) is 4.57. The number of aromatic nitrogens is 3.